The molecule has 0 saturated carbocycles. The van der Waals surface area contributed by atoms with E-state index in [1.54, 1.807) is 12.2 Å². The van der Waals surface area contributed by atoms with Crippen LogP contribution in [0.15, 0.2) is 36.0 Å². The van der Waals surface area contributed by atoms with E-state index in [1.807, 2.05) is 66.7 Å². The average Bonchev–Trinajstić information content (AvgIpc) is 3.26. The number of allylic oxidation sites excluding steroid dienone is 2. The molecule has 1 aliphatic rings. The highest BCUT2D eigenvalue weighted by Gasteiger charge is 2.33. The lowest BCUT2D eigenvalue weighted by Gasteiger charge is -2.33. The van der Waals surface area contributed by atoms with Gasteiger partial charge in [-0.25, -0.2) is 4.79 Å². The second kappa shape index (κ2) is 16.7. The first kappa shape index (κ1) is 33.9. The van der Waals surface area contributed by atoms with Crippen LogP contribution in [-0.2, 0) is 14.3 Å². The normalized spacial score (nSPS) is 23.9. The summed E-state index contributed by atoms with van der Waals surface area (Å²) in [5, 5.41) is 32.1. The third-order valence-corrected chi connectivity index (χ3v) is 7.46. The van der Waals surface area contributed by atoms with Gasteiger partial charge in [-0.1, -0.05) is 77.5 Å². The zero-order chi connectivity index (χ0) is 29.0. The number of cyclic esters (lactones) is 1. The van der Waals surface area contributed by atoms with Gasteiger partial charge in [0.05, 0.1) is 18.3 Å². The monoisotopic (exact) mass is 537 g/mol. The van der Waals surface area contributed by atoms with Crippen LogP contribution in [-0.4, -0.2) is 57.9 Å². The van der Waals surface area contributed by atoms with Gasteiger partial charge in [0.2, 0.25) is 0 Å². The smallest absolute Gasteiger partial charge is 0.404 e. The van der Waals surface area contributed by atoms with E-state index in [-0.39, 0.29) is 41.7 Å². The number of ether oxygens (including phenoxy) is 2. The van der Waals surface area contributed by atoms with Crippen molar-refractivity contribution in [3.63, 3.8) is 0 Å². The Bertz CT molecular complexity index is 823. The Morgan fingerprint density at radius 3 is 2.26 bits per heavy atom. The molecule has 1 rings (SSSR count). The van der Waals surface area contributed by atoms with Gasteiger partial charge >= 0.3 is 12.1 Å². The van der Waals surface area contributed by atoms with Crippen molar-refractivity contribution in [2.75, 3.05) is 0 Å². The quantitative estimate of drug-likeness (QED) is 0.166. The number of nitrogens with two attached hydrogens (primary N) is 1. The average molecular weight is 538 g/mol. The van der Waals surface area contributed by atoms with Crippen molar-refractivity contribution < 1.29 is 34.4 Å². The third kappa shape index (κ3) is 11.7. The van der Waals surface area contributed by atoms with E-state index < -0.39 is 30.5 Å². The first-order valence-electron chi connectivity index (χ1n) is 14.0. The van der Waals surface area contributed by atoms with Crippen molar-refractivity contribution in [3.05, 3.63) is 36.0 Å². The molecule has 0 spiro atoms. The highest BCUT2D eigenvalue weighted by molar-refractivity contribution is 5.71. The van der Waals surface area contributed by atoms with Crippen molar-refractivity contribution in [3.8, 4) is 0 Å². The van der Waals surface area contributed by atoms with Gasteiger partial charge in [0.25, 0.3) is 0 Å². The van der Waals surface area contributed by atoms with Crippen molar-refractivity contribution in [1.29, 1.82) is 0 Å². The van der Waals surface area contributed by atoms with Crippen LogP contribution in [0.2, 0.25) is 0 Å². The molecule has 8 nitrogen and oxygen atoms in total. The molecule has 0 aromatic rings. The first-order valence-corrected chi connectivity index (χ1v) is 14.0. The number of amides is 1. The van der Waals surface area contributed by atoms with Crippen molar-refractivity contribution in [2.45, 2.75) is 111 Å². The SMILES string of the molecule is CC/C=C\[C@H](C)[C@H](OC(N)=O)[C@@H](C)[C@H](O)[C@@H](C)C/C(C)=C\[C@H](C)[C@@H](O)[C@@H](C)/C=C\[C@H](O)C[C@@H]1CCC(=O)O1. The standard InChI is InChI=1S/C30H51NO7/c1-8-9-10-20(4)29(38-30(31)36)23(7)28(35)22(6)16-18(2)15-21(5)27(34)19(3)11-12-24(32)17-25-13-14-26(33)37-25/h9-12,15,19-25,27-29,32,34-35H,8,13-14,16-17H2,1-7H3,(H2,31,36)/b10-9-,12-11-,18-15-/t19-,20-,21-,22-,23-,24-,25-,27-,28+,29-/m0/s1. The van der Waals surface area contributed by atoms with E-state index in [0.29, 0.717) is 25.7 Å². The fourth-order valence-corrected chi connectivity index (χ4v) is 5.24. The zero-order valence-electron chi connectivity index (χ0n) is 24.2. The Balaban J connectivity index is 2.70. The molecule has 0 aromatic carbocycles. The van der Waals surface area contributed by atoms with Gasteiger partial charge in [-0.3, -0.25) is 4.79 Å². The Kier molecular flexibility index (Phi) is 14.9. The predicted octanol–water partition coefficient (Wildman–Crippen LogP) is 4.67. The number of rotatable bonds is 16. The summed E-state index contributed by atoms with van der Waals surface area (Å²) in [6, 6.07) is 0. The van der Waals surface area contributed by atoms with Crippen LogP contribution in [0.4, 0.5) is 4.79 Å². The van der Waals surface area contributed by atoms with Crippen molar-refractivity contribution >= 4 is 12.1 Å². The predicted molar refractivity (Wildman–Crippen MR) is 149 cm³/mol. The van der Waals surface area contributed by atoms with E-state index >= 15 is 0 Å². The number of aliphatic hydroxyl groups excluding tert-OH is 3. The van der Waals surface area contributed by atoms with Gasteiger partial charge in [-0.05, 0) is 32.1 Å². The molecule has 0 radical (unpaired) electrons. The number of primary amides is 1. The number of aliphatic hydroxyl groups is 3. The van der Waals surface area contributed by atoms with Gasteiger partial charge in [-0.2, -0.15) is 0 Å². The summed E-state index contributed by atoms with van der Waals surface area (Å²) in [7, 11) is 0. The summed E-state index contributed by atoms with van der Waals surface area (Å²) in [6.45, 7) is 13.6. The molecule has 1 heterocycles. The number of esters is 1. The molecule has 1 aliphatic heterocycles. The minimum Gasteiger partial charge on any atom is -0.462 e. The van der Waals surface area contributed by atoms with Gasteiger partial charge < -0.3 is 30.5 Å². The number of carbonyl (C=O) groups excluding carboxylic acids is 2. The van der Waals surface area contributed by atoms with Crippen molar-refractivity contribution in [2.24, 2.45) is 35.3 Å². The van der Waals surface area contributed by atoms with Gasteiger partial charge in [-0.15, -0.1) is 0 Å². The topological polar surface area (TPSA) is 139 Å². The van der Waals surface area contributed by atoms with Crippen LogP contribution < -0.4 is 5.73 Å². The van der Waals surface area contributed by atoms with Gasteiger partial charge in [0, 0.05) is 36.5 Å². The molecule has 8 heteroatoms. The molecular formula is C30H51NO7. The minimum atomic E-state index is -0.852. The van der Waals surface area contributed by atoms with E-state index in [0.717, 1.165) is 12.0 Å². The Morgan fingerprint density at radius 2 is 1.71 bits per heavy atom. The highest BCUT2D eigenvalue weighted by atomic mass is 16.6. The van der Waals surface area contributed by atoms with Crippen LogP contribution in [0.5, 0.6) is 0 Å². The maximum atomic E-state index is 11.5. The molecule has 0 unspecified atom stereocenters. The van der Waals surface area contributed by atoms with Gasteiger partial charge in [0.15, 0.2) is 0 Å². The molecule has 38 heavy (non-hydrogen) atoms. The maximum Gasteiger partial charge on any atom is 0.404 e. The molecule has 1 amide bonds. The van der Waals surface area contributed by atoms with Crippen LogP contribution in [0.3, 0.4) is 0 Å². The molecule has 1 fully saturated rings. The molecule has 10 atom stereocenters. The summed E-state index contributed by atoms with van der Waals surface area (Å²) in [6.07, 6.45) is 8.57. The zero-order valence-corrected chi connectivity index (χ0v) is 24.2. The molecule has 0 aliphatic carbocycles. The lowest BCUT2D eigenvalue weighted by Crippen LogP contribution is -2.41. The van der Waals surface area contributed by atoms with Crippen molar-refractivity contribution in [1.82, 2.24) is 0 Å². The first-order chi connectivity index (χ1) is 17.8. The summed E-state index contributed by atoms with van der Waals surface area (Å²) >= 11 is 0. The summed E-state index contributed by atoms with van der Waals surface area (Å²) in [4.78, 5) is 22.7. The fraction of sp³-hybridized carbons (Fsp3) is 0.733. The molecule has 1 saturated heterocycles. The van der Waals surface area contributed by atoms with Crippen LogP contribution >= 0.6 is 0 Å². The largest absolute Gasteiger partial charge is 0.462 e. The maximum absolute atomic E-state index is 11.5. The molecule has 0 bridgehead atoms. The van der Waals surface area contributed by atoms with Crippen LogP contribution in [0.25, 0.3) is 0 Å². The summed E-state index contributed by atoms with van der Waals surface area (Å²) in [5.74, 6) is -1.08. The Labute approximate surface area is 229 Å². The second-order valence-corrected chi connectivity index (χ2v) is 11.2. The number of carbonyl (C=O) groups is 2. The lowest BCUT2D eigenvalue weighted by atomic mass is 9.81. The van der Waals surface area contributed by atoms with E-state index in [1.165, 1.54) is 0 Å². The van der Waals surface area contributed by atoms with Crippen LogP contribution in [0, 0.1) is 29.6 Å². The summed E-state index contributed by atoms with van der Waals surface area (Å²) < 4.78 is 10.5. The van der Waals surface area contributed by atoms with Crippen LogP contribution in [0.1, 0.15) is 80.6 Å². The highest BCUT2D eigenvalue weighted by Crippen LogP contribution is 2.29. The number of hydrogen-bond donors (Lipinski definition) is 4. The Hall–Kier alpha value is -2.16. The van der Waals surface area contributed by atoms with E-state index in [9.17, 15) is 24.9 Å². The molecule has 218 valence electrons. The third-order valence-electron chi connectivity index (χ3n) is 7.46. The number of hydrogen-bond acceptors (Lipinski definition) is 7. The molecule has 5 N–H and O–H groups in total. The molecular weight excluding hydrogens is 486 g/mol. The van der Waals surface area contributed by atoms with E-state index in [4.69, 9.17) is 15.2 Å². The van der Waals surface area contributed by atoms with E-state index in [2.05, 4.69) is 0 Å². The van der Waals surface area contributed by atoms with Gasteiger partial charge in [0.1, 0.15) is 12.2 Å². The Morgan fingerprint density at radius 1 is 1.05 bits per heavy atom. The fourth-order valence-electron chi connectivity index (χ4n) is 5.24. The minimum absolute atomic E-state index is 0.0904. The summed E-state index contributed by atoms with van der Waals surface area (Å²) in [5.41, 5.74) is 6.35. The lowest BCUT2D eigenvalue weighted by molar-refractivity contribution is -0.142. The molecule has 0 aromatic heterocycles. The second-order valence-electron chi connectivity index (χ2n) is 11.2.